The molecule has 0 spiro atoms. The Labute approximate surface area is 184 Å². The van der Waals surface area contributed by atoms with Gasteiger partial charge in [-0.3, -0.25) is 29.4 Å². The van der Waals surface area contributed by atoms with Crippen LogP contribution in [0.4, 0.5) is 11.4 Å². The molecule has 1 saturated heterocycles. The molecule has 1 heterocycles. The Morgan fingerprint density at radius 2 is 1.59 bits per heavy atom. The summed E-state index contributed by atoms with van der Waals surface area (Å²) in [5, 5.41) is 13.5. The average molecular weight is 431 g/mol. The van der Waals surface area contributed by atoms with Crippen molar-refractivity contribution < 1.29 is 19.3 Å². The first-order valence-corrected chi connectivity index (χ1v) is 10.6. The molecule has 2 aromatic rings. The molecule has 162 valence electrons. The molecular weight excluding hydrogens is 410 g/mol. The van der Waals surface area contributed by atoms with Gasteiger partial charge in [-0.05, 0) is 36.0 Å². The van der Waals surface area contributed by atoms with Crippen LogP contribution in [0.3, 0.4) is 0 Å². The van der Waals surface area contributed by atoms with Crippen molar-refractivity contribution in [2.45, 2.75) is 18.9 Å². The van der Waals surface area contributed by atoms with Crippen molar-refractivity contribution in [1.82, 2.24) is 4.90 Å². The first-order chi connectivity index (χ1) is 15.4. The van der Waals surface area contributed by atoms with E-state index in [4.69, 9.17) is 0 Å². The van der Waals surface area contributed by atoms with Gasteiger partial charge < -0.3 is 5.32 Å². The third-order valence-electron chi connectivity index (χ3n) is 6.74. The van der Waals surface area contributed by atoms with E-state index >= 15 is 0 Å². The maximum Gasteiger partial charge on any atom is 0.269 e. The summed E-state index contributed by atoms with van der Waals surface area (Å²) in [4.78, 5) is 51.1. The van der Waals surface area contributed by atoms with Gasteiger partial charge in [-0.15, -0.1) is 0 Å². The van der Waals surface area contributed by atoms with Gasteiger partial charge in [0.25, 0.3) is 5.69 Å². The number of carbonyl (C=O) groups excluding carboxylic acids is 3. The third kappa shape index (κ3) is 3.28. The smallest absolute Gasteiger partial charge is 0.269 e. The Morgan fingerprint density at radius 3 is 2.16 bits per heavy atom. The standard InChI is InChI=1S/C24H21N3O5/c28-20(25-17-8-10-18(11-9-17)27(31)32)13-19(14-4-2-1-3-5-14)26-23(29)21-15-6-7-16(12-15)22(21)24(26)30/h1-11,15-16,19,21-22H,12-13H2,(H,25,28). The van der Waals surface area contributed by atoms with Crippen LogP contribution in [0.1, 0.15) is 24.4 Å². The normalized spacial score (nSPS) is 26.3. The number of benzene rings is 2. The highest BCUT2D eigenvalue weighted by molar-refractivity contribution is 6.07. The second kappa shape index (κ2) is 7.71. The lowest BCUT2D eigenvalue weighted by Crippen LogP contribution is -2.38. The van der Waals surface area contributed by atoms with Gasteiger partial charge in [0.05, 0.1) is 29.2 Å². The number of rotatable bonds is 6. The van der Waals surface area contributed by atoms with E-state index in [1.165, 1.54) is 29.2 Å². The van der Waals surface area contributed by atoms with Crippen LogP contribution in [0.25, 0.3) is 0 Å². The number of imide groups is 1. The number of likely N-dealkylation sites (tertiary alicyclic amines) is 1. The quantitative estimate of drug-likeness (QED) is 0.326. The van der Waals surface area contributed by atoms with E-state index in [1.54, 1.807) is 0 Å². The van der Waals surface area contributed by atoms with Crippen LogP contribution in [-0.2, 0) is 14.4 Å². The maximum absolute atomic E-state index is 13.3. The van der Waals surface area contributed by atoms with E-state index in [-0.39, 0.29) is 53.5 Å². The summed E-state index contributed by atoms with van der Waals surface area (Å²) in [6.45, 7) is 0. The molecule has 2 aromatic carbocycles. The number of nitrogens with zero attached hydrogens (tertiary/aromatic N) is 2. The van der Waals surface area contributed by atoms with Crippen molar-refractivity contribution in [2.24, 2.45) is 23.7 Å². The molecule has 2 bridgehead atoms. The molecule has 0 aromatic heterocycles. The van der Waals surface area contributed by atoms with Crippen molar-refractivity contribution in [3.63, 3.8) is 0 Å². The van der Waals surface area contributed by atoms with Crippen LogP contribution in [0.5, 0.6) is 0 Å². The minimum atomic E-state index is -0.709. The number of fused-ring (bicyclic) bond motifs is 5. The van der Waals surface area contributed by atoms with Crippen LogP contribution in [0, 0.1) is 33.8 Å². The van der Waals surface area contributed by atoms with Gasteiger partial charge in [0.15, 0.2) is 0 Å². The Kier molecular flexibility index (Phi) is 4.84. The topological polar surface area (TPSA) is 110 Å². The summed E-state index contributed by atoms with van der Waals surface area (Å²) >= 11 is 0. The van der Waals surface area contributed by atoms with Gasteiger partial charge in [-0.25, -0.2) is 0 Å². The number of hydrogen-bond donors (Lipinski definition) is 1. The SMILES string of the molecule is O=C(CC(c1ccccc1)N1C(=O)C2C3C=CC(C3)C2C1=O)Nc1ccc([N+](=O)[O-])cc1. The van der Waals surface area contributed by atoms with Crippen molar-refractivity contribution in [1.29, 1.82) is 0 Å². The predicted octanol–water partition coefficient (Wildman–Crippen LogP) is 3.47. The highest BCUT2D eigenvalue weighted by Crippen LogP contribution is 2.54. The zero-order valence-corrected chi connectivity index (χ0v) is 17.1. The van der Waals surface area contributed by atoms with Crippen LogP contribution in [-0.4, -0.2) is 27.5 Å². The van der Waals surface area contributed by atoms with E-state index in [2.05, 4.69) is 5.32 Å². The number of nitrogens with one attached hydrogen (secondary N) is 1. The summed E-state index contributed by atoms with van der Waals surface area (Å²) in [6, 6.07) is 13.9. The molecule has 1 N–H and O–H groups in total. The van der Waals surface area contributed by atoms with E-state index in [9.17, 15) is 24.5 Å². The molecular formula is C24H21N3O5. The van der Waals surface area contributed by atoms with Crippen molar-refractivity contribution >= 4 is 29.1 Å². The zero-order valence-electron chi connectivity index (χ0n) is 17.1. The van der Waals surface area contributed by atoms with E-state index in [0.717, 1.165) is 6.42 Å². The molecule has 3 amide bonds. The Hall–Kier alpha value is -3.81. The number of nitro benzene ring substituents is 1. The lowest BCUT2D eigenvalue weighted by molar-refractivity contribution is -0.384. The summed E-state index contributed by atoms with van der Waals surface area (Å²) in [6.07, 6.45) is 4.83. The van der Waals surface area contributed by atoms with Gasteiger partial charge in [0, 0.05) is 17.8 Å². The van der Waals surface area contributed by atoms with E-state index in [1.807, 2.05) is 42.5 Å². The highest BCUT2D eigenvalue weighted by atomic mass is 16.6. The molecule has 8 nitrogen and oxygen atoms in total. The molecule has 2 aliphatic carbocycles. The number of nitro groups is 1. The predicted molar refractivity (Wildman–Crippen MR) is 115 cm³/mol. The lowest BCUT2D eigenvalue weighted by Gasteiger charge is -2.28. The maximum atomic E-state index is 13.3. The minimum absolute atomic E-state index is 0.0757. The minimum Gasteiger partial charge on any atom is -0.326 e. The number of allylic oxidation sites excluding steroid dienone is 2. The summed E-state index contributed by atoms with van der Waals surface area (Å²) in [7, 11) is 0. The number of amides is 3. The van der Waals surface area contributed by atoms with Crippen LogP contribution < -0.4 is 5.32 Å². The van der Waals surface area contributed by atoms with Gasteiger partial charge >= 0.3 is 0 Å². The first-order valence-electron chi connectivity index (χ1n) is 10.6. The molecule has 0 radical (unpaired) electrons. The number of non-ortho nitro benzene ring substituents is 1. The average Bonchev–Trinajstić information content (AvgIpc) is 3.47. The Morgan fingerprint density at radius 1 is 1.00 bits per heavy atom. The highest BCUT2D eigenvalue weighted by Gasteiger charge is 2.60. The van der Waals surface area contributed by atoms with Crippen molar-refractivity contribution in [3.8, 4) is 0 Å². The number of hydrogen-bond acceptors (Lipinski definition) is 5. The fraction of sp³-hybridized carbons (Fsp3) is 0.292. The van der Waals surface area contributed by atoms with Crippen LogP contribution >= 0.6 is 0 Å². The van der Waals surface area contributed by atoms with Gasteiger partial charge in [-0.2, -0.15) is 0 Å². The summed E-state index contributed by atoms with van der Waals surface area (Å²) < 4.78 is 0. The van der Waals surface area contributed by atoms with Gasteiger partial charge in [0.2, 0.25) is 17.7 Å². The fourth-order valence-corrected chi connectivity index (χ4v) is 5.32. The van der Waals surface area contributed by atoms with E-state index in [0.29, 0.717) is 11.3 Å². The molecule has 5 atom stereocenters. The Balaban J connectivity index is 1.39. The van der Waals surface area contributed by atoms with Crippen molar-refractivity contribution in [2.75, 3.05) is 5.32 Å². The zero-order chi connectivity index (χ0) is 22.4. The number of anilines is 1. The van der Waals surface area contributed by atoms with Crippen LogP contribution in [0.2, 0.25) is 0 Å². The molecule has 8 heteroatoms. The summed E-state index contributed by atoms with van der Waals surface area (Å²) in [5.74, 6) is -1.26. The van der Waals surface area contributed by atoms with Gasteiger partial charge in [0.1, 0.15) is 0 Å². The van der Waals surface area contributed by atoms with Crippen LogP contribution in [0.15, 0.2) is 66.7 Å². The lowest BCUT2D eigenvalue weighted by atomic mass is 9.85. The first kappa shape index (κ1) is 20.1. The summed E-state index contributed by atoms with van der Waals surface area (Å²) in [5.41, 5.74) is 1.05. The molecule has 1 aliphatic heterocycles. The molecule has 5 rings (SSSR count). The monoisotopic (exact) mass is 431 g/mol. The van der Waals surface area contributed by atoms with Gasteiger partial charge in [-0.1, -0.05) is 42.5 Å². The third-order valence-corrected chi connectivity index (χ3v) is 6.74. The molecule has 3 aliphatic rings. The van der Waals surface area contributed by atoms with Crippen molar-refractivity contribution in [3.05, 3.63) is 82.4 Å². The number of carbonyl (C=O) groups is 3. The second-order valence-corrected chi connectivity index (χ2v) is 8.53. The Bertz CT molecular complexity index is 1100. The molecule has 2 fully saturated rings. The molecule has 5 unspecified atom stereocenters. The second-order valence-electron chi connectivity index (χ2n) is 8.53. The fourth-order valence-electron chi connectivity index (χ4n) is 5.32. The molecule has 1 saturated carbocycles. The molecule has 32 heavy (non-hydrogen) atoms. The largest absolute Gasteiger partial charge is 0.326 e. The van der Waals surface area contributed by atoms with E-state index < -0.39 is 11.0 Å².